The maximum absolute atomic E-state index is 11.3. The number of hydrogen-bond acceptors (Lipinski definition) is 5. The zero-order valence-corrected chi connectivity index (χ0v) is 14.4. The number of nitrogens with zero attached hydrogens (tertiary/aromatic N) is 1. The standard InChI is InChI=1S/C20H19NO5/c1-15(2)20(22)26-14-13-25-19-6-4-3-5-17(19)10-7-16-8-11-18(12-9-16)21(23)24/h3-12H,1,13-14H2,2H3. The minimum absolute atomic E-state index is 0.0511. The zero-order valence-electron chi connectivity index (χ0n) is 14.4. The predicted octanol–water partition coefficient (Wildman–Crippen LogP) is 4.26. The second-order valence-corrected chi connectivity index (χ2v) is 5.48. The summed E-state index contributed by atoms with van der Waals surface area (Å²) in [5.74, 6) is 0.206. The lowest BCUT2D eigenvalue weighted by Gasteiger charge is -2.09. The molecule has 0 heterocycles. The van der Waals surface area contributed by atoms with E-state index in [4.69, 9.17) is 9.47 Å². The first-order valence-corrected chi connectivity index (χ1v) is 7.94. The van der Waals surface area contributed by atoms with E-state index in [1.54, 1.807) is 19.1 Å². The van der Waals surface area contributed by atoms with Gasteiger partial charge in [-0.1, -0.05) is 36.9 Å². The number of nitro groups is 1. The summed E-state index contributed by atoms with van der Waals surface area (Å²) in [4.78, 5) is 21.6. The number of non-ortho nitro benzene ring substituents is 1. The molecule has 0 aliphatic heterocycles. The van der Waals surface area contributed by atoms with E-state index in [1.165, 1.54) is 12.1 Å². The first-order chi connectivity index (χ1) is 12.5. The highest BCUT2D eigenvalue weighted by Crippen LogP contribution is 2.21. The van der Waals surface area contributed by atoms with E-state index >= 15 is 0 Å². The smallest absolute Gasteiger partial charge is 0.333 e. The molecule has 0 amide bonds. The molecule has 0 radical (unpaired) electrons. The Morgan fingerprint density at radius 2 is 1.81 bits per heavy atom. The fourth-order valence-electron chi connectivity index (χ4n) is 2.05. The maximum Gasteiger partial charge on any atom is 0.333 e. The normalized spacial score (nSPS) is 10.5. The van der Waals surface area contributed by atoms with Gasteiger partial charge in [0.25, 0.3) is 5.69 Å². The summed E-state index contributed by atoms with van der Waals surface area (Å²) in [7, 11) is 0. The molecule has 0 bridgehead atoms. The van der Waals surface area contributed by atoms with Crippen molar-refractivity contribution in [2.45, 2.75) is 6.92 Å². The number of rotatable bonds is 8. The number of ether oxygens (including phenoxy) is 2. The largest absolute Gasteiger partial charge is 0.489 e. The third-order valence-corrected chi connectivity index (χ3v) is 3.40. The number of hydrogen-bond donors (Lipinski definition) is 0. The molecule has 0 atom stereocenters. The Labute approximate surface area is 151 Å². The van der Waals surface area contributed by atoms with E-state index in [-0.39, 0.29) is 18.9 Å². The van der Waals surface area contributed by atoms with E-state index in [0.717, 1.165) is 11.1 Å². The second kappa shape index (κ2) is 9.17. The van der Waals surface area contributed by atoms with Gasteiger partial charge in [0.05, 0.1) is 4.92 Å². The van der Waals surface area contributed by atoms with Gasteiger partial charge in [0, 0.05) is 23.3 Å². The fourth-order valence-corrected chi connectivity index (χ4v) is 2.05. The van der Waals surface area contributed by atoms with Gasteiger partial charge in [-0.05, 0) is 30.7 Å². The number of benzene rings is 2. The Kier molecular flexibility index (Phi) is 6.68. The van der Waals surface area contributed by atoms with Crippen LogP contribution in [0.15, 0.2) is 60.7 Å². The molecule has 2 rings (SSSR count). The SMILES string of the molecule is C=C(C)C(=O)OCCOc1ccccc1C=Cc1ccc([N+](=O)[O-])cc1. The van der Waals surface area contributed by atoms with E-state index < -0.39 is 10.9 Å². The number of esters is 1. The quantitative estimate of drug-likeness (QED) is 0.177. The number of carbonyl (C=O) groups is 1. The van der Waals surface area contributed by atoms with Crippen molar-refractivity contribution in [1.82, 2.24) is 0 Å². The molecule has 26 heavy (non-hydrogen) atoms. The molecule has 6 nitrogen and oxygen atoms in total. The molecular weight excluding hydrogens is 334 g/mol. The van der Waals surface area contributed by atoms with Crippen molar-refractivity contribution < 1.29 is 19.2 Å². The van der Waals surface area contributed by atoms with E-state index in [1.807, 2.05) is 36.4 Å². The highest BCUT2D eigenvalue weighted by Gasteiger charge is 2.05. The fraction of sp³-hybridized carbons (Fsp3) is 0.150. The summed E-state index contributed by atoms with van der Waals surface area (Å²) in [5.41, 5.74) is 2.07. The molecule has 2 aromatic rings. The van der Waals surface area contributed by atoms with Crippen LogP contribution >= 0.6 is 0 Å². The van der Waals surface area contributed by atoms with Gasteiger partial charge < -0.3 is 9.47 Å². The second-order valence-electron chi connectivity index (χ2n) is 5.48. The van der Waals surface area contributed by atoms with Crippen LogP contribution in [-0.4, -0.2) is 24.1 Å². The van der Waals surface area contributed by atoms with Crippen LogP contribution in [-0.2, 0) is 9.53 Å². The average molecular weight is 353 g/mol. The summed E-state index contributed by atoms with van der Waals surface area (Å²) in [5, 5.41) is 10.7. The van der Waals surface area contributed by atoms with Crippen molar-refractivity contribution in [2.24, 2.45) is 0 Å². The van der Waals surface area contributed by atoms with Crippen molar-refractivity contribution in [3.8, 4) is 5.75 Å². The topological polar surface area (TPSA) is 78.7 Å². The summed E-state index contributed by atoms with van der Waals surface area (Å²) in [6, 6.07) is 13.7. The molecule has 0 aromatic heterocycles. The Morgan fingerprint density at radius 3 is 2.46 bits per heavy atom. The van der Waals surface area contributed by atoms with E-state index in [2.05, 4.69) is 6.58 Å². The van der Waals surface area contributed by atoms with Crippen LogP contribution in [0.5, 0.6) is 5.75 Å². The highest BCUT2D eigenvalue weighted by atomic mass is 16.6. The number of para-hydroxylation sites is 1. The number of carbonyl (C=O) groups excluding carboxylic acids is 1. The molecule has 0 spiro atoms. The molecule has 0 aliphatic rings. The first kappa shape index (κ1) is 18.9. The lowest BCUT2D eigenvalue weighted by molar-refractivity contribution is -0.384. The molecule has 0 fully saturated rings. The van der Waals surface area contributed by atoms with Gasteiger partial charge in [-0.25, -0.2) is 4.79 Å². The van der Waals surface area contributed by atoms with E-state index in [0.29, 0.717) is 11.3 Å². The van der Waals surface area contributed by atoms with Gasteiger partial charge in [-0.3, -0.25) is 10.1 Å². The highest BCUT2D eigenvalue weighted by molar-refractivity contribution is 5.86. The lowest BCUT2D eigenvalue weighted by Crippen LogP contribution is -2.12. The summed E-state index contributed by atoms with van der Waals surface area (Å²) < 4.78 is 10.6. The first-order valence-electron chi connectivity index (χ1n) is 7.94. The van der Waals surface area contributed by atoms with Gasteiger partial charge in [0.1, 0.15) is 19.0 Å². The van der Waals surface area contributed by atoms with Crippen molar-refractivity contribution in [3.63, 3.8) is 0 Å². The van der Waals surface area contributed by atoms with Gasteiger partial charge in [0.15, 0.2) is 0 Å². The van der Waals surface area contributed by atoms with Crippen molar-refractivity contribution >= 4 is 23.8 Å². The summed E-state index contributed by atoms with van der Waals surface area (Å²) >= 11 is 0. The monoisotopic (exact) mass is 353 g/mol. The van der Waals surface area contributed by atoms with Crippen LogP contribution in [0.3, 0.4) is 0 Å². The van der Waals surface area contributed by atoms with Crippen LogP contribution in [0.1, 0.15) is 18.1 Å². The van der Waals surface area contributed by atoms with Crippen LogP contribution in [0.2, 0.25) is 0 Å². The van der Waals surface area contributed by atoms with Gasteiger partial charge in [-0.15, -0.1) is 0 Å². The molecule has 0 saturated carbocycles. The molecule has 0 saturated heterocycles. The Balaban J connectivity index is 1.98. The lowest BCUT2D eigenvalue weighted by atomic mass is 10.1. The van der Waals surface area contributed by atoms with Crippen LogP contribution in [0, 0.1) is 10.1 Å². The molecule has 6 heteroatoms. The summed E-state index contributed by atoms with van der Waals surface area (Å²) in [6.07, 6.45) is 3.70. The summed E-state index contributed by atoms with van der Waals surface area (Å²) in [6.45, 7) is 5.45. The van der Waals surface area contributed by atoms with Crippen LogP contribution in [0.4, 0.5) is 5.69 Å². The van der Waals surface area contributed by atoms with Crippen LogP contribution in [0.25, 0.3) is 12.2 Å². The minimum Gasteiger partial charge on any atom is -0.489 e. The molecule has 0 N–H and O–H groups in total. The predicted molar refractivity (Wildman–Crippen MR) is 99.7 cm³/mol. The molecule has 2 aromatic carbocycles. The Hall–Kier alpha value is -3.41. The number of nitro benzene ring substituents is 1. The molecule has 0 aliphatic carbocycles. The zero-order chi connectivity index (χ0) is 18.9. The van der Waals surface area contributed by atoms with Crippen LogP contribution < -0.4 is 4.74 Å². The maximum atomic E-state index is 11.3. The molecule has 0 unspecified atom stereocenters. The van der Waals surface area contributed by atoms with Crippen molar-refractivity contribution in [2.75, 3.05) is 13.2 Å². The minimum atomic E-state index is -0.444. The van der Waals surface area contributed by atoms with Crippen molar-refractivity contribution in [1.29, 1.82) is 0 Å². The van der Waals surface area contributed by atoms with Gasteiger partial charge >= 0.3 is 5.97 Å². The van der Waals surface area contributed by atoms with Gasteiger partial charge in [0.2, 0.25) is 0 Å². The third-order valence-electron chi connectivity index (χ3n) is 3.40. The van der Waals surface area contributed by atoms with Crippen molar-refractivity contribution in [3.05, 3.63) is 81.9 Å². The average Bonchev–Trinajstić information content (AvgIpc) is 2.64. The Bertz CT molecular complexity index is 824. The van der Waals surface area contributed by atoms with E-state index in [9.17, 15) is 14.9 Å². The Morgan fingerprint density at radius 1 is 1.12 bits per heavy atom. The molecule has 134 valence electrons. The third kappa shape index (κ3) is 5.59. The molecular formula is C20H19NO5. The van der Waals surface area contributed by atoms with Gasteiger partial charge in [-0.2, -0.15) is 0 Å².